The van der Waals surface area contributed by atoms with Crippen LogP contribution >= 0.6 is 23.2 Å². The highest BCUT2D eigenvalue weighted by atomic mass is 35.5. The smallest absolute Gasteiger partial charge is 0.216 e. The summed E-state index contributed by atoms with van der Waals surface area (Å²) in [6.07, 6.45) is 4.76. The number of piperazine rings is 1. The van der Waals surface area contributed by atoms with Crippen molar-refractivity contribution in [1.82, 2.24) is 24.9 Å². The second kappa shape index (κ2) is 14.0. The normalized spacial score (nSPS) is 21.1. The van der Waals surface area contributed by atoms with Crippen LogP contribution in [-0.4, -0.2) is 97.5 Å². The molecule has 218 valence electrons. The first kappa shape index (κ1) is 29.8. The molecule has 3 fully saturated rings. The van der Waals surface area contributed by atoms with Gasteiger partial charge < -0.3 is 10.2 Å². The van der Waals surface area contributed by atoms with Crippen LogP contribution in [0.4, 0.5) is 0 Å². The Morgan fingerprint density at radius 1 is 0.750 bits per heavy atom. The molecule has 0 atom stereocenters. The van der Waals surface area contributed by atoms with E-state index in [4.69, 9.17) is 23.2 Å². The predicted octanol–water partition coefficient (Wildman–Crippen LogP) is 5.22. The van der Waals surface area contributed by atoms with Crippen LogP contribution < -0.4 is 5.32 Å². The molecule has 0 aromatic heterocycles. The highest BCUT2D eigenvalue weighted by molar-refractivity contribution is 6.35. The summed E-state index contributed by atoms with van der Waals surface area (Å²) in [7, 11) is 2.23. The number of likely N-dealkylation sites (tertiary alicyclic amines) is 2. The first-order chi connectivity index (χ1) is 19.3. The monoisotopic (exact) mass is 585 g/mol. The Morgan fingerprint density at radius 3 is 1.82 bits per heavy atom. The van der Waals surface area contributed by atoms with Crippen molar-refractivity contribution in [2.75, 3.05) is 66.0 Å². The lowest BCUT2D eigenvalue weighted by Gasteiger charge is -2.42. The van der Waals surface area contributed by atoms with E-state index < -0.39 is 0 Å². The van der Waals surface area contributed by atoms with Crippen molar-refractivity contribution in [2.24, 2.45) is 5.92 Å². The maximum absolute atomic E-state index is 11.3. The van der Waals surface area contributed by atoms with Crippen LogP contribution in [0, 0.1) is 5.92 Å². The molecule has 8 heteroatoms. The van der Waals surface area contributed by atoms with Crippen LogP contribution in [0.15, 0.2) is 36.4 Å². The number of carbonyl (C=O) groups excluding carboxylic acids is 1. The Bertz CT molecular complexity index is 1120. The molecule has 1 N–H and O–H groups in total. The van der Waals surface area contributed by atoms with Gasteiger partial charge in [0.15, 0.2) is 0 Å². The Hall–Kier alpha value is -1.67. The predicted molar refractivity (Wildman–Crippen MR) is 166 cm³/mol. The minimum Gasteiger partial charge on any atom is -0.356 e. The summed E-state index contributed by atoms with van der Waals surface area (Å²) >= 11 is 12.8. The van der Waals surface area contributed by atoms with E-state index in [0.29, 0.717) is 16.0 Å². The highest BCUT2D eigenvalue weighted by Crippen LogP contribution is 2.30. The van der Waals surface area contributed by atoms with Crippen molar-refractivity contribution in [3.63, 3.8) is 0 Å². The zero-order valence-corrected chi connectivity index (χ0v) is 25.7. The van der Waals surface area contributed by atoms with Gasteiger partial charge >= 0.3 is 0 Å². The average molecular weight is 587 g/mol. The highest BCUT2D eigenvalue weighted by Gasteiger charge is 2.27. The fourth-order valence-electron chi connectivity index (χ4n) is 6.62. The Labute approximate surface area is 250 Å². The Balaban J connectivity index is 1.25. The molecule has 0 saturated carbocycles. The van der Waals surface area contributed by atoms with E-state index in [1.807, 2.05) is 12.1 Å². The number of likely N-dealkylation sites (N-methyl/N-ethyl adjacent to an activating group) is 1. The topological polar surface area (TPSA) is 42.1 Å². The summed E-state index contributed by atoms with van der Waals surface area (Å²) in [5, 5.41) is 4.33. The standard InChI is InChI=1S/C32H45Cl2N5O/c1-24(40)35-21-25-3-7-37(8-4-25)22-26-15-27(17-28(16-26)29-18-30(33)20-31(34)19-29)23-38-9-5-32(6-10-38)39-13-11-36(2)12-14-39/h15-20,25,32H,3-14,21-23H2,1-2H3,(H,35,40). The van der Waals surface area contributed by atoms with Crippen LogP contribution in [-0.2, 0) is 17.9 Å². The third-order valence-corrected chi connectivity index (χ3v) is 9.46. The van der Waals surface area contributed by atoms with Crippen molar-refractivity contribution in [1.29, 1.82) is 0 Å². The first-order valence-electron chi connectivity index (χ1n) is 15.0. The van der Waals surface area contributed by atoms with E-state index in [2.05, 4.69) is 50.2 Å². The van der Waals surface area contributed by atoms with Gasteiger partial charge in [0.25, 0.3) is 0 Å². The zero-order chi connectivity index (χ0) is 28.1. The van der Waals surface area contributed by atoms with Gasteiger partial charge in [0.1, 0.15) is 0 Å². The van der Waals surface area contributed by atoms with Gasteiger partial charge in [-0.1, -0.05) is 29.3 Å². The van der Waals surface area contributed by atoms with Crippen LogP contribution in [0.2, 0.25) is 10.0 Å². The van der Waals surface area contributed by atoms with Gasteiger partial charge in [-0.05, 0) is 117 Å². The maximum atomic E-state index is 11.3. The molecule has 0 bridgehead atoms. The first-order valence-corrected chi connectivity index (χ1v) is 15.8. The van der Waals surface area contributed by atoms with E-state index in [1.54, 1.807) is 13.0 Å². The molecule has 6 nitrogen and oxygen atoms in total. The van der Waals surface area contributed by atoms with E-state index in [-0.39, 0.29) is 5.91 Å². The molecule has 40 heavy (non-hydrogen) atoms. The number of nitrogens with zero attached hydrogens (tertiary/aromatic N) is 4. The summed E-state index contributed by atoms with van der Waals surface area (Å²) in [5.74, 6) is 0.640. The summed E-state index contributed by atoms with van der Waals surface area (Å²) in [6.45, 7) is 13.5. The van der Waals surface area contributed by atoms with Crippen LogP contribution in [0.1, 0.15) is 43.7 Å². The molecule has 0 unspecified atom stereocenters. The minimum atomic E-state index is 0.0662. The van der Waals surface area contributed by atoms with Crippen molar-refractivity contribution >= 4 is 29.1 Å². The molecule has 2 aromatic carbocycles. The van der Waals surface area contributed by atoms with E-state index in [1.165, 1.54) is 55.7 Å². The number of piperidine rings is 2. The van der Waals surface area contributed by atoms with E-state index in [9.17, 15) is 4.79 Å². The lowest BCUT2D eigenvalue weighted by Crippen LogP contribution is -2.52. The van der Waals surface area contributed by atoms with Gasteiger partial charge in [0.05, 0.1) is 0 Å². The molecule has 0 aliphatic carbocycles. The third kappa shape index (κ3) is 8.43. The van der Waals surface area contributed by atoms with E-state index in [0.717, 1.165) is 70.3 Å². The molecule has 3 aliphatic rings. The molecular formula is C32H45Cl2N5O. The average Bonchev–Trinajstić information content (AvgIpc) is 2.93. The van der Waals surface area contributed by atoms with Gasteiger partial charge in [-0.25, -0.2) is 0 Å². The maximum Gasteiger partial charge on any atom is 0.216 e. The number of rotatable bonds is 8. The third-order valence-electron chi connectivity index (χ3n) is 9.02. The van der Waals surface area contributed by atoms with Gasteiger partial charge in [0.2, 0.25) is 5.91 Å². The Kier molecular flexibility index (Phi) is 10.4. The second-order valence-corrected chi connectivity index (χ2v) is 13.1. The number of benzene rings is 2. The number of hydrogen-bond acceptors (Lipinski definition) is 5. The summed E-state index contributed by atoms with van der Waals surface area (Å²) in [4.78, 5) is 21.7. The number of carbonyl (C=O) groups is 1. The molecule has 2 aromatic rings. The number of halogens is 2. The van der Waals surface area contributed by atoms with Crippen molar-refractivity contribution in [3.05, 3.63) is 57.6 Å². The lowest BCUT2D eigenvalue weighted by atomic mass is 9.95. The Morgan fingerprint density at radius 2 is 1.27 bits per heavy atom. The summed E-state index contributed by atoms with van der Waals surface area (Å²) in [6, 6.07) is 13.6. The van der Waals surface area contributed by atoms with Crippen molar-refractivity contribution in [2.45, 2.75) is 51.7 Å². The van der Waals surface area contributed by atoms with Crippen LogP contribution in [0.5, 0.6) is 0 Å². The SMILES string of the molecule is CC(=O)NCC1CCN(Cc2cc(CN3CCC(N4CCN(C)CC4)CC3)cc(-c3cc(Cl)cc(Cl)c3)c2)CC1. The zero-order valence-electron chi connectivity index (χ0n) is 24.2. The quantitative estimate of drug-likeness (QED) is 0.460. The summed E-state index contributed by atoms with van der Waals surface area (Å²) < 4.78 is 0. The number of hydrogen-bond donors (Lipinski definition) is 1. The molecule has 0 spiro atoms. The van der Waals surface area contributed by atoms with Crippen LogP contribution in [0.3, 0.4) is 0 Å². The van der Waals surface area contributed by atoms with Gasteiger partial charge in [-0.2, -0.15) is 0 Å². The molecule has 5 rings (SSSR count). The van der Waals surface area contributed by atoms with Gasteiger partial charge in [-0.3, -0.25) is 19.5 Å². The molecule has 3 aliphatic heterocycles. The van der Waals surface area contributed by atoms with E-state index >= 15 is 0 Å². The fourth-order valence-corrected chi connectivity index (χ4v) is 7.14. The summed E-state index contributed by atoms with van der Waals surface area (Å²) in [5.41, 5.74) is 4.96. The number of nitrogens with one attached hydrogen (secondary N) is 1. The number of amides is 1. The lowest BCUT2D eigenvalue weighted by molar-refractivity contribution is -0.119. The minimum absolute atomic E-state index is 0.0662. The second-order valence-electron chi connectivity index (χ2n) is 12.2. The molecule has 0 radical (unpaired) electrons. The van der Waals surface area contributed by atoms with Crippen LogP contribution in [0.25, 0.3) is 11.1 Å². The fraction of sp³-hybridized carbons (Fsp3) is 0.594. The molecular weight excluding hydrogens is 541 g/mol. The molecule has 1 amide bonds. The van der Waals surface area contributed by atoms with Crippen molar-refractivity contribution in [3.8, 4) is 11.1 Å². The van der Waals surface area contributed by atoms with Gasteiger partial charge in [-0.15, -0.1) is 0 Å². The van der Waals surface area contributed by atoms with Gasteiger partial charge in [0, 0.05) is 68.8 Å². The molecule has 3 heterocycles. The van der Waals surface area contributed by atoms with Crippen molar-refractivity contribution < 1.29 is 4.79 Å². The largest absolute Gasteiger partial charge is 0.356 e. The molecule has 3 saturated heterocycles.